The summed E-state index contributed by atoms with van der Waals surface area (Å²) in [7, 11) is 0. The lowest BCUT2D eigenvalue weighted by atomic mass is 10.2. The van der Waals surface area contributed by atoms with Gasteiger partial charge in [0.25, 0.3) is 0 Å². The second-order valence-electron chi connectivity index (χ2n) is 5.57. The van der Waals surface area contributed by atoms with Crippen molar-refractivity contribution in [3.8, 4) is 5.75 Å². The molecule has 1 aromatic carbocycles. The Bertz CT molecular complexity index is 621. The normalized spacial score (nSPS) is 20.9. The Morgan fingerprint density at radius 2 is 2.30 bits per heavy atom. The largest absolute Gasteiger partial charge is 0.485 e. The first-order valence-electron chi connectivity index (χ1n) is 7.42. The fourth-order valence-electron chi connectivity index (χ4n) is 2.37. The van der Waals surface area contributed by atoms with Crippen molar-refractivity contribution in [1.29, 1.82) is 0 Å². The summed E-state index contributed by atoms with van der Waals surface area (Å²) in [5, 5.41) is 5.63. The highest BCUT2D eigenvalue weighted by atomic mass is 19.1. The maximum Gasteiger partial charge on any atom is 0.414 e. The SMILES string of the molecule is CC(=O)NCC1CN(c2ccc(OC3CNC3)c(F)c2)C(=O)O1. The van der Waals surface area contributed by atoms with E-state index in [1.54, 1.807) is 6.07 Å². The zero-order valence-electron chi connectivity index (χ0n) is 12.7. The molecular weight excluding hydrogens is 305 g/mol. The number of carbonyl (C=O) groups excluding carboxylic acids is 2. The van der Waals surface area contributed by atoms with Crippen molar-refractivity contribution in [2.75, 3.05) is 31.1 Å². The molecule has 0 aromatic heterocycles. The summed E-state index contributed by atoms with van der Waals surface area (Å²) in [6.45, 7) is 3.27. The first kappa shape index (κ1) is 15.5. The first-order valence-corrected chi connectivity index (χ1v) is 7.42. The number of ether oxygens (including phenoxy) is 2. The molecule has 124 valence electrons. The zero-order chi connectivity index (χ0) is 16.4. The van der Waals surface area contributed by atoms with Gasteiger partial charge in [-0.05, 0) is 12.1 Å². The Morgan fingerprint density at radius 1 is 1.52 bits per heavy atom. The Morgan fingerprint density at radius 3 is 2.91 bits per heavy atom. The lowest BCUT2D eigenvalue weighted by Gasteiger charge is -2.28. The standard InChI is InChI=1S/C15H18FN3O4/c1-9(20)18-7-12-8-19(15(21)23-12)10-2-3-14(13(16)4-10)22-11-5-17-6-11/h2-4,11-12,17H,5-8H2,1H3,(H,18,20). The van der Waals surface area contributed by atoms with E-state index in [0.29, 0.717) is 18.8 Å². The van der Waals surface area contributed by atoms with E-state index >= 15 is 0 Å². The molecular formula is C15H18FN3O4. The van der Waals surface area contributed by atoms with Crippen molar-refractivity contribution in [1.82, 2.24) is 10.6 Å². The molecule has 2 aliphatic heterocycles. The number of amides is 2. The van der Waals surface area contributed by atoms with Crippen LogP contribution in [-0.4, -0.2) is 50.4 Å². The van der Waals surface area contributed by atoms with Gasteiger partial charge in [0, 0.05) is 26.1 Å². The maximum atomic E-state index is 14.1. The van der Waals surface area contributed by atoms with Crippen molar-refractivity contribution in [2.24, 2.45) is 0 Å². The maximum absolute atomic E-state index is 14.1. The Hall–Kier alpha value is -2.35. The summed E-state index contributed by atoms with van der Waals surface area (Å²) in [4.78, 5) is 24.1. The number of halogens is 1. The Kier molecular flexibility index (Phi) is 4.33. The predicted molar refractivity (Wildman–Crippen MR) is 80.0 cm³/mol. The van der Waals surface area contributed by atoms with Crippen LogP contribution >= 0.6 is 0 Å². The van der Waals surface area contributed by atoms with Crippen LogP contribution in [0, 0.1) is 5.82 Å². The van der Waals surface area contributed by atoms with E-state index in [4.69, 9.17) is 9.47 Å². The summed E-state index contributed by atoms with van der Waals surface area (Å²) in [5.74, 6) is -0.548. The van der Waals surface area contributed by atoms with Crippen LogP contribution in [0.25, 0.3) is 0 Å². The molecule has 1 unspecified atom stereocenters. The van der Waals surface area contributed by atoms with Crippen molar-refractivity contribution >= 4 is 17.7 Å². The van der Waals surface area contributed by atoms with Gasteiger partial charge in [-0.1, -0.05) is 0 Å². The van der Waals surface area contributed by atoms with Crippen LogP contribution in [0.3, 0.4) is 0 Å². The number of anilines is 1. The molecule has 1 atom stereocenters. The molecule has 2 fully saturated rings. The van der Waals surface area contributed by atoms with Crippen LogP contribution in [-0.2, 0) is 9.53 Å². The summed E-state index contributed by atoms with van der Waals surface area (Å²) >= 11 is 0. The average molecular weight is 323 g/mol. The van der Waals surface area contributed by atoms with Gasteiger partial charge in [-0.2, -0.15) is 0 Å². The van der Waals surface area contributed by atoms with Gasteiger partial charge in [-0.15, -0.1) is 0 Å². The van der Waals surface area contributed by atoms with Gasteiger partial charge in [-0.3, -0.25) is 9.69 Å². The molecule has 0 radical (unpaired) electrons. The van der Waals surface area contributed by atoms with E-state index in [-0.39, 0.29) is 30.9 Å². The molecule has 2 amide bonds. The van der Waals surface area contributed by atoms with Crippen LogP contribution in [0.15, 0.2) is 18.2 Å². The smallest absolute Gasteiger partial charge is 0.414 e. The molecule has 2 heterocycles. The van der Waals surface area contributed by atoms with Crippen molar-refractivity contribution in [2.45, 2.75) is 19.1 Å². The lowest BCUT2D eigenvalue weighted by Crippen LogP contribution is -2.50. The monoisotopic (exact) mass is 323 g/mol. The molecule has 0 saturated carbocycles. The van der Waals surface area contributed by atoms with E-state index in [1.807, 2.05) is 0 Å². The first-order chi connectivity index (χ1) is 11.0. The third kappa shape index (κ3) is 3.53. The minimum absolute atomic E-state index is 0.0193. The summed E-state index contributed by atoms with van der Waals surface area (Å²) in [6, 6.07) is 4.38. The molecule has 2 aliphatic rings. The summed E-state index contributed by atoms with van der Waals surface area (Å²) < 4.78 is 24.8. The highest BCUT2D eigenvalue weighted by Crippen LogP contribution is 2.27. The van der Waals surface area contributed by atoms with E-state index in [1.165, 1.54) is 24.0 Å². The number of carbonyl (C=O) groups is 2. The second-order valence-corrected chi connectivity index (χ2v) is 5.57. The van der Waals surface area contributed by atoms with Gasteiger partial charge >= 0.3 is 6.09 Å². The van der Waals surface area contributed by atoms with Gasteiger partial charge in [0.1, 0.15) is 12.2 Å². The van der Waals surface area contributed by atoms with Gasteiger partial charge in [-0.25, -0.2) is 9.18 Å². The highest BCUT2D eigenvalue weighted by Gasteiger charge is 2.33. The topological polar surface area (TPSA) is 79.9 Å². The van der Waals surface area contributed by atoms with Crippen LogP contribution in [0.1, 0.15) is 6.92 Å². The summed E-state index contributed by atoms with van der Waals surface area (Å²) in [5.41, 5.74) is 0.400. The third-order valence-corrected chi connectivity index (χ3v) is 3.72. The van der Waals surface area contributed by atoms with Crippen LogP contribution in [0.2, 0.25) is 0 Å². The van der Waals surface area contributed by atoms with Crippen LogP contribution in [0.5, 0.6) is 5.75 Å². The van der Waals surface area contributed by atoms with Gasteiger partial charge in [0.2, 0.25) is 5.91 Å². The molecule has 2 saturated heterocycles. The molecule has 2 N–H and O–H groups in total. The van der Waals surface area contributed by atoms with Crippen LogP contribution in [0.4, 0.5) is 14.9 Å². The average Bonchev–Trinajstić information content (AvgIpc) is 2.83. The van der Waals surface area contributed by atoms with E-state index in [0.717, 1.165) is 0 Å². The number of benzene rings is 1. The summed E-state index contributed by atoms with van der Waals surface area (Å²) in [6.07, 6.45) is -1.03. The Labute approximate surface area is 132 Å². The molecule has 1 aromatic rings. The Balaban J connectivity index is 1.65. The fourth-order valence-corrected chi connectivity index (χ4v) is 2.37. The predicted octanol–water partition coefficient (Wildman–Crippen LogP) is 0.638. The van der Waals surface area contributed by atoms with Crippen molar-refractivity contribution in [3.05, 3.63) is 24.0 Å². The molecule has 0 aliphatic carbocycles. The van der Waals surface area contributed by atoms with E-state index in [2.05, 4.69) is 10.6 Å². The molecule has 0 spiro atoms. The third-order valence-electron chi connectivity index (χ3n) is 3.72. The molecule has 0 bridgehead atoms. The highest BCUT2D eigenvalue weighted by molar-refractivity contribution is 5.89. The number of nitrogens with zero attached hydrogens (tertiary/aromatic N) is 1. The van der Waals surface area contributed by atoms with E-state index < -0.39 is 18.0 Å². The number of cyclic esters (lactones) is 1. The van der Waals surface area contributed by atoms with Crippen LogP contribution < -0.4 is 20.3 Å². The van der Waals surface area contributed by atoms with E-state index in [9.17, 15) is 14.0 Å². The van der Waals surface area contributed by atoms with Gasteiger partial charge in [0.15, 0.2) is 11.6 Å². The van der Waals surface area contributed by atoms with Gasteiger partial charge in [0.05, 0.1) is 18.8 Å². The number of rotatable bonds is 5. The fraction of sp³-hybridized carbons (Fsp3) is 0.467. The number of hydrogen-bond donors (Lipinski definition) is 2. The lowest BCUT2D eigenvalue weighted by molar-refractivity contribution is -0.119. The van der Waals surface area contributed by atoms with Gasteiger partial charge < -0.3 is 20.1 Å². The molecule has 8 heteroatoms. The van der Waals surface area contributed by atoms with Crippen molar-refractivity contribution in [3.63, 3.8) is 0 Å². The molecule has 7 nitrogen and oxygen atoms in total. The molecule has 3 rings (SSSR count). The van der Waals surface area contributed by atoms with Crippen molar-refractivity contribution < 1.29 is 23.5 Å². The zero-order valence-corrected chi connectivity index (χ0v) is 12.7. The quantitative estimate of drug-likeness (QED) is 0.831. The number of nitrogens with one attached hydrogen (secondary N) is 2. The minimum Gasteiger partial charge on any atom is -0.485 e. The molecule has 23 heavy (non-hydrogen) atoms. The minimum atomic E-state index is -0.559. The second kappa shape index (κ2) is 6.41. The number of hydrogen-bond acceptors (Lipinski definition) is 5.